The highest BCUT2D eigenvalue weighted by Crippen LogP contribution is 2.19. The van der Waals surface area contributed by atoms with Gasteiger partial charge in [-0.05, 0) is 42.7 Å². The van der Waals surface area contributed by atoms with Crippen molar-refractivity contribution in [3.8, 4) is 0 Å². The highest BCUT2D eigenvalue weighted by Gasteiger charge is 2.30. The summed E-state index contributed by atoms with van der Waals surface area (Å²) >= 11 is 0. The molecule has 1 aromatic heterocycles. The van der Waals surface area contributed by atoms with Crippen LogP contribution in [0, 0.1) is 11.7 Å². The molecule has 1 saturated heterocycles. The van der Waals surface area contributed by atoms with E-state index in [1.54, 1.807) is 11.0 Å². The van der Waals surface area contributed by atoms with Crippen LogP contribution in [0.4, 0.5) is 4.39 Å². The van der Waals surface area contributed by atoms with Crippen molar-refractivity contribution in [3.05, 3.63) is 65.8 Å². The molecule has 2 amide bonds. The number of fused-ring (bicyclic) bond motifs is 1. The van der Waals surface area contributed by atoms with Crippen LogP contribution in [-0.2, 0) is 22.6 Å². The molecule has 1 atom stereocenters. The molecule has 4 rings (SSSR count). The van der Waals surface area contributed by atoms with Crippen molar-refractivity contribution in [2.75, 3.05) is 13.1 Å². The fraction of sp³-hybridized carbons (Fsp3) is 0.318. The summed E-state index contributed by atoms with van der Waals surface area (Å²) in [5, 5.41) is 2.86. The van der Waals surface area contributed by atoms with Crippen LogP contribution in [0.15, 0.2) is 52.9 Å². The van der Waals surface area contributed by atoms with Crippen LogP contribution in [0.5, 0.6) is 0 Å². The molecule has 0 radical (unpaired) electrons. The number of carbonyl (C=O) groups excluding carboxylic acids is 2. The van der Waals surface area contributed by atoms with E-state index in [1.807, 2.05) is 30.3 Å². The normalized spacial score (nSPS) is 16.9. The molecule has 29 heavy (non-hydrogen) atoms. The molecule has 1 N–H and O–H groups in total. The van der Waals surface area contributed by atoms with E-state index in [0.29, 0.717) is 43.8 Å². The van der Waals surface area contributed by atoms with Crippen molar-refractivity contribution in [3.63, 3.8) is 0 Å². The number of oxazole rings is 1. The first-order valence-electron chi connectivity index (χ1n) is 9.73. The van der Waals surface area contributed by atoms with Crippen molar-refractivity contribution in [1.82, 2.24) is 15.2 Å². The number of benzene rings is 2. The summed E-state index contributed by atoms with van der Waals surface area (Å²) < 4.78 is 18.9. The first-order valence-corrected chi connectivity index (χ1v) is 9.73. The molecule has 150 valence electrons. The maximum atomic E-state index is 13.3. The minimum Gasteiger partial charge on any atom is -0.439 e. The molecule has 1 aliphatic heterocycles. The van der Waals surface area contributed by atoms with Gasteiger partial charge in [-0.2, -0.15) is 0 Å². The number of nitrogens with one attached hydrogen (secondary N) is 1. The third kappa shape index (κ3) is 4.62. The molecule has 1 unspecified atom stereocenters. The van der Waals surface area contributed by atoms with Crippen molar-refractivity contribution in [2.45, 2.75) is 25.8 Å². The largest absolute Gasteiger partial charge is 0.439 e. The summed E-state index contributed by atoms with van der Waals surface area (Å²) in [4.78, 5) is 30.9. The Bertz CT molecular complexity index is 1000. The lowest BCUT2D eigenvalue weighted by Crippen LogP contribution is -2.46. The van der Waals surface area contributed by atoms with Gasteiger partial charge in [0.25, 0.3) is 0 Å². The summed E-state index contributed by atoms with van der Waals surface area (Å²) in [5.41, 5.74) is 2.27. The molecule has 0 saturated carbocycles. The monoisotopic (exact) mass is 395 g/mol. The molecular formula is C22H22FN3O3. The van der Waals surface area contributed by atoms with Crippen molar-refractivity contribution in [2.24, 2.45) is 5.92 Å². The minimum atomic E-state index is -0.288. The first kappa shape index (κ1) is 19.1. The Hall–Kier alpha value is -3.22. The van der Waals surface area contributed by atoms with E-state index in [0.717, 1.165) is 11.1 Å². The highest BCUT2D eigenvalue weighted by atomic mass is 19.1. The number of hydrogen-bond donors (Lipinski definition) is 1. The first-order chi connectivity index (χ1) is 14.1. The van der Waals surface area contributed by atoms with E-state index in [9.17, 15) is 14.0 Å². The standard InChI is InChI=1S/C22H22FN3O3/c23-17-5-3-4-15(12-17)10-11-26-14-16(8-9-21(26)27)22(28)24-13-20-25-18-6-1-2-7-19(18)29-20/h1-7,12,16H,8-11,13-14H2,(H,24,28). The summed E-state index contributed by atoms with van der Waals surface area (Å²) in [6.45, 7) is 1.05. The van der Waals surface area contributed by atoms with Crippen LogP contribution in [0.25, 0.3) is 11.1 Å². The summed E-state index contributed by atoms with van der Waals surface area (Å²) in [7, 11) is 0. The number of nitrogens with zero attached hydrogens (tertiary/aromatic N) is 2. The number of piperidine rings is 1. The molecule has 2 aromatic carbocycles. The zero-order valence-electron chi connectivity index (χ0n) is 15.9. The lowest BCUT2D eigenvalue weighted by Gasteiger charge is -2.32. The van der Waals surface area contributed by atoms with Gasteiger partial charge in [-0.1, -0.05) is 24.3 Å². The van der Waals surface area contributed by atoms with Gasteiger partial charge in [-0.3, -0.25) is 9.59 Å². The van der Waals surface area contributed by atoms with Crippen LogP contribution in [-0.4, -0.2) is 34.8 Å². The zero-order chi connectivity index (χ0) is 20.2. The molecule has 2 heterocycles. The van der Waals surface area contributed by atoms with Crippen molar-refractivity contribution in [1.29, 1.82) is 0 Å². The number of para-hydroxylation sites is 2. The van der Waals surface area contributed by atoms with Gasteiger partial charge >= 0.3 is 0 Å². The van der Waals surface area contributed by atoms with E-state index in [2.05, 4.69) is 10.3 Å². The van der Waals surface area contributed by atoms with Crippen LogP contribution in [0.2, 0.25) is 0 Å². The lowest BCUT2D eigenvalue weighted by atomic mass is 9.96. The number of likely N-dealkylation sites (tertiary alicyclic amines) is 1. The molecular weight excluding hydrogens is 373 g/mol. The third-order valence-electron chi connectivity index (χ3n) is 5.18. The fourth-order valence-corrected chi connectivity index (χ4v) is 3.60. The number of aromatic nitrogens is 1. The van der Waals surface area contributed by atoms with Crippen LogP contribution < -0.4 is 5.32 Å². The Morgan fingerprint density at radius 1 is 1.24 bits per heavy atom. The molecule has 1 aliphatic rings. The number of hydrogen-bond acceptors (Lipinski definition) is 4. The number of halogens is 1. The molecule has 3 aromatic rings. The summed E-state index contributed by atoms with van der Waals surface area (Å²) in [5.74, 6) is -0.192. The maximum absolute atomic E-state index is 13.3. The Morgan fingerprint density at radius 3 is 2.93 bits per heavy atom. The van der Waals surface area contributed by atoms with Gasteiger partial charge in [0, 0.05) is 19.5 Å². The lowest BCUT2D eigenvalue weighted by molar-refractivity contribution is -0.138. The smallest absolute Gasteiger partial charge is 0.225 e. The van der Waals surface area contributed by atoms with Gasteiger partial charge in [-0.15, -0.1) is 0 Å². The van der Waals surface area contributed by atoms with E-state index in [-0.39, 0.29) is 30.1 Å². The Balaban J connectivity index is 1.31. The van der Waals surface area contributed by atoms with Gasteiger partial charge in [0.15, 0.2) is 5.58 Å². The average Bonchev–Trinajstić information content (AvgIpc) is 3.14. The third-order valence-corrected chi connectivity index (χ3v) is 5.18. The maximum Gasteiger partial charge on any atom is 0.225 e. The van der Waals surface area contributed by atoms with E-state index < -0.39 is 0 Å². The topological polar surface area (TPSA) is 75.4 Å². The Kier molecular flexibility index (Phi) is 5.55. The molecule has 1 fully saturated rings. The second-order valence-electron chi connectivity index (χ2n) is 7.25. The van der Waals surface area contributed by atoms with Crippen molar-refractivity contribution >= 4 is 22.9 Å². The number of rotatable bonds is 6. The van der Waals surface area contributed by atoms with Gasteiger partial charge in [-0.25, -0.2) is 9.37 Å². The zero-order valence-corrected chi connectivity index (χ0v) is 15.9. The predicted molar refractivity (Wildman–Crippen MR) is 105 cm³/mol. The van der Waals surface area contributed by atoms with Gasteiger partial charge in [0.1, 0.15) is 11.3 Å². The predicted octanol–water partition coefficient (Wildman–Crippen LogP) is 3.06. The molecule has 0 bridgehead atoms. The van der Waals surface area contributed by atoms with Crippen LogP contribution in [0.3, 0.4) is 0 Å². The molecule has 0 aliphatic carbocycles. The van der Waals surface area contributed by atoms with Crippen molar-refractivity contribution < 1.29 is 18.4 Å². The van der Waals surface area contributed by atoms with Gasteiger partial charge < -0.3 is 14.6 Å². The van der Waals surface area contributed by atoms with E-state index in [4.69, 9.17) is 4.42 Å². The number of amides is 2. The van der Waals surface area contributed by atoms with Gasteiger partial charge in [0.05, 0.1) is 12.5 Å². The minimum absolute atomic E-state index is 0.0319. The Labute approximate surface area is 167 Å². The quantitative estimate of drug-likeness (QED) is 0.696. The summed E-state index contributed by atoms with van der Waals surface area (Å²) in [6.07, 6.45) is 1.42. The van der Waals surface area contributed by atoms with E-state index >= 15 is 0 Å². The average molecular weight is 395 g/mol. The van der Waals surface area contributed by atoms with Crippen LogP contribution in [0.1, 0.15) is 24.3 Å². The summed E-state index contributed by atoms with van der Waals surface area (Å²) in [6, 6.07) is 13.8. The second-order valence-corrected chi connectivity index (χ2v) is 7.25. The second kappa shape index (κ2) is 8.43. The molecule has 6 nitrogen and oxygen atoms in total. The SMILES string of the molecule is O=C(NCc1nc2ccccc2o1)C1CCC(=O)N(CCc2cccc(F)c2)C1. The molecule has 7 heteroatoms. The molecule has 0 spiro atoms. The van der Waals surface area contributed by atoms with Crippen LogP contribution >= 0.6 is 0 Å². The fourth-order valence-electron chi connectivity index (χ4n) is 3.60. The number of carbonyl (C=O) groups is 2. The van der Waals surface area contributed by atoms with E-state index in [1.165, 1.54) is 12.1 Å². The van der Waals surface area contributed by atoms with Gasteiger partial charge in [0.2, 0.25) is 17.7 Å². The highest BCUT2D eigenvalue weighted by molar-refractivity contribution is 5.83. The Morgan fingerprint density at radius 2 is 2.10 bits per heavy atom.